The highest BCUT2D eigenvalue weighted by molar-refractivity contribution is 5.06. The maximum absolute atomic E-state index is 12.1. The van der Waals surface area contributed by atoms with Gasteiger partial charge in [0.25, 0.3) is 5.92 Å². The van der Waals surface area contributed by atoms with E-state index < -0.39 is 18.0 Å². The van der Waals surface area contributed by atoms with E-state index in [9.17, 15) is 13.2 Å². The molecule has 2 atom stereocenters. The highest BCUT2D eigenvalue weighted by atomic mass is 19.3. The van der Waals surface area contributed by atoms with Crippen molar-refractivity contribution in [2.24, 2.45) is 5.92 Å². The molecule has 0 N–H and O–H groups in total. The number of rotatable bonds is 3. The molecule has 60 valence electrons. The summed E-state index contributed by atoms with van der Waals surface area (Å²) >= 11 is 0. The third kappa shape index (κ3) is 1.13. The smallest absolute Gasteiger partial charge is 0.240 e. The second kappa shape index (κ2) is 2.44. The molecule has 0 aromatic carbocycles. The monoisotopic (exact) mass is 152 g/mol. The minimum Gasteiger partial charge on any atom is -0.240 e. The van der Waals surface area contributed by atoms with E-state index in [4.69, 9.17) is 0 Å². The van der Waals surface area contributed by atoms with Crippen LogP contribution in [0, 0.1) is 5.92 Å². The van der Waals surface area contributed by atoms with Crippen LogP contribution in [-0.2, 0) is 0 Å². The quantitative estimate of drug-likeness (QED) is 0.583. The van der Waals surface area contributed by atoms with Crippen LogP contribution in [0.5, 0.6) is 0 Å². The van der Waals surface area contributed by atoms with Gasteiger partial charge in [0, 0.05) is 0 Å². The fourth-order valence-electron chi connectivity index (χ4n) is 1.11. The van der Waals surface area contributed by atoms with Crippen molar-refractivity contribution in [1.29, 1.82) is 0 Å². The third-order valence-corrected chi connectivity index (χ3v) is 1.97. The highest BCUT2D eigenvalue weighted by Gasteiger charge is 2.68. The Morgan fingerprint density at radius 3 is 2.20 bits per heavy atom. The van der Waals surface area contributed by atoms with Crippen molar-refractivity contribution in [2.45, 2.75) is 38.3 Å². The number of hydrogen-bond donors (Lipinski definition) is 0. The summed E-state index contributed by atoms with van der Waals surface area (Å²) in [4.78, 5) is 0. The van der Waals surface area contributed by atoms with Crippen LogP contribution in [0.15, 0.2) is 0 Å². The lowest BCUT2D eigenvalue weighted by Gasteiger charge is -1.92. The number of halogens is 3. The van der Waals surface area contributed by atoms with Crippen molar-refractivity contribution >= 4 is 0 Å². The standard InChI is InChI=1S/C7H11F3/c1-2-3-4-5-6(8)7(5,9)10/h5-6H,2-4H2,1H3. The van der Waals surface area contributed by atoms with E-state index in [1.165, 1.54) is 0 Å². The molecule has 3 heteroatoms. The molecule has 1 aliphatic rings. The van der Waals surface area contributed by atoms with Crippen molar-refractivity contribution in [1.82, 2.24) is 0 Å². The molecule has 0 saturated heterocycles. The summed E-state index contributed by atoms with van der Waals surface area (Å²) in [5.74, 6) is -3.96. The van der Waals surface area contributed by atoms with Gasteiger partial charge >= 0.3 is 0 Å². The Morgan fingerprint density at radius 2 is 1.90 bits per heavy atom. The summed E-state index contributed by atoms with van der Waals surface area (Å²) < 4.78 is 36.4. The summed E-state index contributed by atoms with van der Waals surface area (Å²) in [5, 5.41) is 0. The van der Waals surface area contributed by atoms with Gasteiger partial charge in [-0.2, -0.15) is 0 Å². The molecule has 0 aromatic rings. The summed E-state index contributed by atoms with van der Waals surface area (Å²) in [6.45, 7) is 1.91. The van der Waals surface area contributed by atoms with E-state index in [2.05, 4.69) is 0 Å². The maximum Gasteiger partial charge on any atom is 0.284 e. The van der Waals surface area contributed by atoms with Gasteiger partial charge in [-0.25, -0.2) is 13.2 Å². The molecule has 1 rings (SSSR count). The molecule has 0 amide bonds. The van der Waals surface area contributed by atoms with E-state index in [1.54, 1.807) is 0 Å². The SMILES string of the molecule is CCCCC1C(F)C1(F)F. The molecule has 1 saturated carbocycles. The lowest BCUT2D eigenvalue weighted by molar-refractivity contribution is 0.0742. The zero-order valence-corrected chi connectivity index (χ0v) is 5.91. The zero-order chi connectivity index (χ0) is 7.78. The van der Waals surface area contributed by atoms with Crippen LogP contribution in [0.3, 0.4) is 0 Å². The van der Waals surface area contributed by atoms with Crippen molar-refractivity contribution in [2.75, 3.05) is 0 Å². The molecule has 0 radical (unpaired) electrons. The Bertz CT molecular complexity index is 122. The Labute approximate surface area is 58.4 Å². The molecule has 0 nitrogen and oxygen atoms in total. The lowest BCUT2D eigenvalue weighted by Crippen LogP contribution is -1.94. The van der Waals surface area contributed by atoms with E-state index in [0.717, 1.165) is 6.42 Å². The average Bonchev–Trinajstić information content (AvgIpc) is 2.31. The minimum atomic E-state index is -2.99. The maximum atomic E-state index is 12.1. The Kier molecular flexibility index (Phi) is 1.92. The molecule has 1 fully saturated rings. The summed E-state index contributed by atoms with van der Waals surface area (Å²) in [5.41, 5.74) is 0. The molecule has 2 unspecified atom stereocenters. The fraction of sp³-hybridized carbons (Fsp3) is 1.00. The van der Waals surface area contributed by atoms with Crippen molar-refractivity contribution in [3.05, 3.63) is 0 Å². The molecule has 1 aliphatic carbocycles. The van der Waals surface area contributed by atoms with Crippen LogP contribution >= 0.6 is 0 Å². The van der Waals surface area contributed by atoms with E-state index in [1.807, 2.05) is 6.92 Å². The largest absolute Gasteiger partial charge is 0.284 e. The molecule has 0 aliphatic heterocycles. The topological polar surface area (TPSA) is 0 Å². The van der Waals surface area contributed by atoms with E-state index in [0.29, 0.717) is 12.8 Å². The number of hydrogen-bond acceptors (Lipinski definition) is 0. The fourth-order valence-corrected chi connectivity index (χ4v) is 1.11. The summed E-state index contributed by atoms with van der Waals surface area (Å²) in [6.07, 6.45) is 0.0593. The van der Waals surface area contributed by atoms with Gasteiger partial charge in [0.2, 0.25) is 0 Å². The Hall–Kier alpha value is -0.210. The normalized spacial score (nSPS) is 36.0. The van der Waals surface area contributed by atoms with Crippen LogP contribution in [-0.4, -0.2) is 12.1 Å². The number of alkyl halides is 3. The van der Waals surface area contributed by atoms with Gasteiger partial charge in [0.15, 0.2) is 6.17 Å². The van der Waals surface area contributed by atoms with Crippen molar-refractivity contribution in [3.63, 3.8) is 0 Å². The minimum absolute atomic E-state index is 0.338. The van der Waals surface area contributed by atoms with Crippen LogP contribution in [0.1, 0.15) is 26.2 Å². The van der Waals surface area contributed by atoms with Gasteiger partial charge in [-0.15, -0.1) is 0 Å². The molecule has 0 bridgehead atoms. The number of unbranched alkanes of at least 4 members (excludes halogenated alkanes) is 1. The molecule has 0 aromatic heterocycles. The summed E-state index contributed by atoms with van der Waals surface area (Å²) in [6, 6.07) is 0. The van der Waals surface area contributed by atoms with Crippen LogP contribution in [0.4, 0.5) is 13.2 Å². The first-order valence-corrected chi connectivity index (χ1v) is 3.62. The van der Waals surface area contributed by atoms with Gasteiger partial charge in [0.05, 0.1) is 5.92 Å². The Morgan fingerprint density at radius 1 is 1.40 bits per heavy atom. The first-order chi connectivity index (χ1) is 4.60. The Balaban J connectivity index is 2.22. The summed E-state index contributed by atoms with van der Waals surface area (Å²) in [7, 11) is 0. The second-order valence-corrected chi connectivity index (χ2v) is 2.83. The van der Waals surface area contributed by atoms with Gasteiger partial charge in [-0.1, -0.05) is 19.8 Å². The van der Waals surface area contributed by atoms with Crippen molar-refractivity contribution < 1.29 is 13.2 Å². The average molecular weight is 152 g/mol. The van der Waals surface area contributed by atoms with Gasteiger partial charge in [-0.05, 0) is 6.42 Å². The molecule has 0 heterocycles. The van der Waals surface area contributed by atoms with Crippen LogP contribution < -0.4 is 0 Å². The highest BCUT2D eigenvalue weighted by Crippen LogP contribution is 2.53. The van der Waals surface area contributed by atoms with Gasteiger partial charge < -0.3 is 0 Å². The van der Waals surface area contributed by atoms with Crippen LogP contribution in [0.2, 0.25) is 0 Å². The lowest BCUT2D eigenvalue weighted by atomic mass is 10.2. The predicted octanol–water partition coefficient (Wildman–Crippen LogP) is 2.78. The predicted molar refractivity (Wildman–Crippen MR) is 32.9 cm³/mol. The van der Waals surface area contributed by atoms with Gasteiger partial charge in [-0.3, -0.25) is 0 Å². The second-order valence-electron chi connectivity index (χ2n) is 2.83. The van der Waals surface area contributed by atoms with E-state index in [-0.39, 0.29) is 0 Å². The molecule has 0 spiro atoms. The van der Waals surface area contributed by atoms with Crippen LogP contribution in [0.25, 0.3) is 0 Å². The third-order valence-electron chi connectivity index (χ3n) is 1.97. The van der Waals surface area contributed by atoms with Crippen molar-refractivity contribution in [3.8, 4) is 0 Å². The molecular formula is C7H11F3. The first-order valence-electron chi connectivity index (χ1n) is 3.62. The molecular weight excluding hydrogens is 141 g/mol. The van der Waals surface area contributed by atoms with E-state index >= 15 is 0 Å². The zero-order valence-electron chi connectivity index (χ0n) is 5.91. The molecule has 10 heavy (non-hydrogen) atoms. The first kappa shape index (κ1) is 7.89. The van der Waals surface area contributed by atoms with Gasteiger partial charge in [0.1, 0.15) is 0 Å².